The number of ether oxygens (including phenoxy) is 1. The average Bonchev–Trinajstić information content (AvgIpc) is 2.54. The highest BCUT2D eigenvalue weighted by Gasteiger charge is 2.06. The van der Waals surface area contributed by atoms with E-state index in [1.165, 1.54) is 0 Å². The Morgan fingerprint density at radius 3 is 2.00 bits per heavy atom. The molecule has 0 heterocycles. The van der Waals surface area contributed by atoms with Crippen molar-refractivity contribution in [2.24, 2.45) is 0 Å². The molecule has 0 fully saturated rings. The first-order valence-corrected chi connectivity index (χ1v) is 6.97. The average molecular weight is 291 g/mol. The fourth-order valence-corrected chi connectivity index (χ4v) is 2.07. The van der Waals surface area contributed by atoms with Crippen molar-refractivity contribution in [1.82, 2.24) is 0 Å². The Morgan fingerprint density at radius 1 is 0.810 bits per heavy atom. The minimum atomic E-state index is -0.494. The van der Waals surface area contributed by atoms with E-state index < -0.39 is 13.3 Å². The van der Waals surface area contributed by atoms with Crippen molar-refractivity contribution in [1.29, 1.82) is 0 Å². The molecule has 0 unspecified atom stereocenters. The van der Waals surface area contributed by atoms with Crippen LogP contribution in [0, 0.1) is 0 Å². The lowest BCUT2D eigenvalue weighted by atomic mass is 10.2. The Kier molecular flexibility index (Phi) is 6.00. The molecule has 0 saturated carbocycles. The molecule has 2 rings (SSSR count). The van der Waals surface area contributed by atoms with Gasteiger partial charge in [-0.05, 0) is 29.8 Å². The highest BCUT2D eigenvalue weighted by atomic mass is 19.1. The molecule has 0 amide bonds. The van der Waals surface area contributed by atoms with Crippen LogP contribution in [0.25, 0.3) is 0 Å². The molecule has 2 nitrogen and oxygen atoms in total. The van der Waals surface area contributed by atoms with Gasteiger partial charge in [-0.15, -0.1) is 0 Å². The Hall–Kier alpha value is -2.10. The van der Waals surface area contributed by atoms with E-state index in [1.807, 2.05) is 54.6 Å². The van der Waals surface area contributed by atoms with E-state index in [0.29, 0.717) is 6.61 Å². The second-order valence-electron chi connectivity index (χ2n) is 4.63. The molecular weight excluding hydrogens is 272 g/mol. The lowest BCUT2D eigenvalue weighted by Crippen LogP contribution is -2.27. The first kappa shape index (κ1) is 15.3. The Morgan fingerprint density at radius 2 is 1.43 bits per heavy atom. The van der Waals surface area contributed by atoms with Crippen molar-refractivity contribution < 1.29 is 13.5 Å². The monoisotopic (exact) mass is 291 g/mol. The quantitative estimate of drug-likeness (QED) is 0.728. The summed E-state index contributed by atoms with van der Waals surface area (Å²) >= 11 is 0. The number of rotatable bonds is 8. The van der Waals surface area contributed by atoms with Crippen LogP contribution in [0.3, 0.4) is 0 Å². The molecular formula is C17H19F2NO. The summed E-state index contributed by atoms with van der Waals surface area (Å²) in [6.07, 6.45) is 0. The van der Waals surface area contributed by atoms with E-state index in [-0.39, 0.29) is 13.1 Å². The summed E-state index contributed by atoms with van der Waals surface area (Å²) in [5, 5.41) is 0. The number of halogens is 2. The third-order valence-corrected chi connectivity index (χ3v) is 3.16. The summed E-state index contributed by atoms with van der Waals surface area (Å²) in [4.78, 5) is 1.68. The van der Waals surface area contributed by atoms with Gasteiger partial charge in [-0.25, -0.2) is 8.78 Å². The summed E-state index contributed by atoms with van der Waals surface area (Å²) in [6.45, 7) is -0.0837. The van der Waals surface area contributed by atoms with Gasteiger partial charge in [0.05, 0.1) is 0 Å². The maximum absolute atomic E-state index is 12.5. The molecule has 0 saturated heterocycles. The topological polar surface area (TPSA) is 12.5 Å². The molecule has 0 aromatic heterocycles. The van der Waals surface area contributed by atoms with E-state index in [1.54, 1.807) is 4.90 Å². The molecule has 0 atom stereocenters. The predicted octanol–water partition coefficient (Wildman–Crippen LogP) is 4.01. The Balaban J connectivity index is 1.94. The number of hydrogen-bond acceptors (Lipinski definition) is 2. The number of anilines is 1. The zero-order valence-corrected chi connectivity index (χ0v) is 11.8. The van der Waals surface area contributed by atoms with Crippen LogP contribution >= 0.6 is 0 Å². The van der Waals surface area contributed by atoms with Crippen LogP contribution in [0.15, 0.2) is 54.6 Å². The highest BCUT2D eigenvalue weighted by Crippen LogP contribution is 2.20. The first-order valence-electron chi connectivity index (χ1n) is 6.97. The Labute approximate surface area is 124 Å². The van der Waals surface area contributed by atoms with Gasteiger partial charge in [0, 0.05) is 18.8 Å². The van der Waals surface area contributed by atoms with Crippen LogP contribution in [-0.2, 0) is 6.61 Å². The molecule has 4 heteroatoms. The van der Waals surface area contributed by atoms with Crippen LogP contribution in [-0.4, -0.2) is 26.4 Å². The van der Waals surface area contributed by atoms with Crippen LogP contribution in [0.5, 0.6) is 5.75 Å². The summed E-state index contributed by atoms with van der Waals surface area (Å²) in [5.41, 5.74) is 1.90. The van der Waals surface area contributed by atoms with Gasteiger partial charge in [0.15, 0.2) is 0 Å². The minimum Gasteiger partial charge on any atom is -0.489 e. The fourth-order valence-electron chi connectivity index (χ4n) is 2.07. The van der Waals surface area contributed by atoms with E-state index in [9.17, 15) is 8.78 Å². The summed E-state index contributed by atoms with van der Waals surface area (Å²) in [6, 6.07) is 17.2. The standard InChI is InChI=1S/C17H19F2NO/c18-10-12-20(13-11-19)16-6-8-17(9-7-16)21-14-15-4-2-1-3-5-15/h1-9H,10-14H2. The van der Waals surface area contributed by atoms with E-state index in [2.05, 4.69) is 0 Å². The largest absolute Gasteiger partial charge is 0.489 e. The highest BCUT2D eigenvalue weighted by molar-refractivity contribution is 5.49. The fraction of sp³-hybridized carbons (Fsp3) is 0.294. The summed E-state index contributed by atoms with van der Waals surface area (Å²) in [7, 11) is 0. The maximum atomic E-state index is 12.5. The second kappa shape index (κ2) is 8.25. The molecule has 21 heavy (non-hydrogen) atoms. The molecule has 0 bridgehead atoms. The third-order valence-electron chi connectivity index (χ3n) is 3.16. The molecule has 0 radical (unpaired) electrons. The second-order valence-corrected chi connectivity index (χ2v) is 4.63. The molecule has 112 valence electrons. The van der Waals surface area contributed by atoms with Crippen molar-refractivity contribution >= 4 is 5.69 Å². The zero-order chi connectivity index (χ0) is 14.9. The minimum absolute atomic E-state index is 0.203. The van der Waals surface area contributed by atoms with Gasteiger partial charge in [0.1, 0.15) is 25.7 Å². The first-order chi connectivity index (χ1) is 10.3. The molecule has 2 aromatic carbocycles. The van der Waals surface area contributed by atoms with Gasteiger partial charge in [0.25, 0.3) is 0 Å². The Bertz CT molecular complexity index is 510. The zero-order valence-electron chi connectivity index (χ0n) is 11.8. The molecule has 2 aromatic rings. The third kappa shape index (κ3) is 4.74. The van der Waals surface area contributed by atoms with Gasteiger partial charge in [-0.2, -0.15) is 0 Å². The lowest BCUT2D eigenvalue weighted by molar-refractivity contribution is 0.306. The van der Waals surface area contributed by atoms with Crippen LogP contribution in [0.2, 0.25) is 0 Å². The predicted molar refractivity (Wildman–Crippen MR) is 81.4 cm³/mol. The van der Waals surface area contributed by atoms with Crippen molar-refractivity contribution in [3.63, 3.8) is 0 Å². The number of hydrogen-bond donors (Lipinski definition) is 0. The molecule has 0 N–H and O–H groups in total. The summed E-state index contributed by atoms with van der Waals surface area (Å²) in [5.74, 6) is 0.739. The lowest BCUT2D eigenvalue weighted by Gasteiger charge is -2.22. The van der Waals surface area contributed by atoms with E-state index >= 15 is 0 Å². The van der Waals surface area contributed by atoms with Crippen LogP contribution in [0.1, 0.15) is 5.56 Å². The van der Waals surface area contributed by atoms with Crippen LogP contribution < -0.4 is 9.64 Å². The molecule has 0 aliphatic rings. The van der Waals surface area contributed by atoms with Crippen LogP contribution in [0.4, 0.5) is 14.5 Å². The SMILES string of the molecule is FCCN(CCF)c1ccc(OCc2ccccc2)cc1. The normalized spacial score (nSPS) is 10.4. The molecule has 0 aliphatic carbocycles. The smallest absolute Gasteiger partial charge is 0.119 e. The summed E-state index contributed by atoms with van der Waals surface area (Å²) < 4.78 is 30.6. The van der Waals surface area contributed by atoms with Gasteiger partial charge in [-0.1, -0.05) is 30.3 Å². The van der Waals surface area contributed by atoms with Crippen molar-refractivity contribution in [2.75, 3.05) is 31.3 Å². The number of alkyl halides is 2. The van der Waals surface area contributed by atoms with Gasteiger partial charge >= 0.3 is 0 Å². The van der Waals surface area contributed by atoms with E-state index in [0.717, 1.165) is 17.0 Å². The van der Waals surface area contributed by atoms with Crippen molar-refractivity contribution in [3.8, 4) is 5.75 Å². The number of nitrogens with zero attached hydrogens (tertiary/aromatic N) is 1. The number of benzene rings is 2. The van der Waals surface area contributed by atoms with Crippen molar-refractivity contribution in [3.05, 3.63) is 60.2 Å². The maximum Gasteiger partial charge on any atom is 0.119 e. The molecule has 0 spiro atoms. The van der Waals surface area contributed by atoms with E-state index in [4.69, 9.17) is 4.74 Å². The van der Waals surface area contributed by atoms with Crippen molar-refractivity contribution in [2.45, 2.75) is 6.61 Å². The van der Waals surface area contributed by atoms with Gasteiger partial charge in [0.2, 0.25) is 0 Å². The molecule has 0 aliphatic heterocycles. The van der Waals surface area contributed by atoms with Gasteiger partial charge < -0.3 is 9.64 Å². The van der Waals surface area contributed by atoms with Gasteiger partial charge in [-0.3, -0.25) is 0 Å².